The van der Waals surface area contributed by atoms with Crippen LogP contribution in [0.5, 0.6) is 0 Å². The van der Waals surface area contributed by atoms with Crippen LogP contribution in [0.3, 0.4) is 0 Å². The van der Waals surface area contributed by atoms with E-state index in [9.17, 15) is 10.1 Å². The first-order valence-electron chi connectivity index (χ1n) is 6.73. The molecule has 0 aliphatic heterocycles. The first kappa shape index (κ1) is 15.7. The Kier molecular flexibility index (Phi) is 5.09. The van der Waals surface area contributed by atoms with Gasteiger partial charge in [0.1, 0.15) is 0 Å². The van der Waals surface area contributed by atoms with Crippen LogP contribution in [0.25, 0.3) is 0 Å². The number of nitrogens with one attached hydrogen (secondary N) is 1. The SMILES string of the molecule is CC(NC(C)c1cccc([N+](=O)[O-])c1)c1ccc(Br)cc1. The Morgan fingerprint density at radius 1 is 1.05 bits per heavy atom. The number of halogens is 1. The molecule has 2 aromatic rings. The third-order valence-electron chi connectivity index (χ3n) is 3.45. The fraction of sp³-hybridized carbons (Fsp3) is 0.250. The Balaban J connectivity index is 2.10. The van der Waals surface area contributed by atoms with Gasteiger partial charge in [0.15, 0.2) is 0 Å². The maximum Gasteiger partial charge on any atom is 0.269 e. The zero-order valence-corrected chi connectivity index (χ0v) is 13.5. The fourth-order valence-electron chi connectivity index (χ4n) is 2.23. The van der Waals surface area contributed by atoms with Crippen molar-refractivity contribution in [3.05, 3.63) is 74.2 Å². The number of hydrogen-bond donors (Lipinski definition) is 1. The van der Waals surface area contributed by atoms with Crippen LogP contribution in [-0.4, -0.2) is 4.92 Å². The van der Waals surface area contributed by atoms with E-state index in [-0.39, 0.29) is 22.7 Å². The van der Waals surface area contributed by atoms with Gasteiger partial charge in [-0.05, 0) is 37.1 Å². The summed E-state index contributed by atoms with van der Waals surface area (Å²) in [5.74, 6) is 0. The number of non-ortho nitro benzene ring substituents is 1. The Morgan fingerprint density at radius 2 is 1.67 bits per heavy atom. The van der Waals surface area contributed by atoms with Gasteiger partial charge in [0, 0.05) is 28.7 Å². The molecule has 2 rings (SSSR count). The van der Waals surface area contributed by atoms with Gasteiger partial charge in [0.2, 0.25) is 0 Å². The number of nitro benzene ring substituents is 1. The summed E-state index contributed by atoms with van der Waals surface area (Å²) in [6.07, 6.45) is 0. The summed E-state index contributed by atoms with van der Waals surface area (Å²) in [5.41, 5.74) is 2.21. The fourth-order valence-corrected chi connectivity index (χ4v) is 2.49. The van der Waals surface area contributed by atoms with E-state index in [0.717, 1.165) is 10.0 Å². The Hall–Kier alpha value is -1.72. The van der Waals surface area contributed by atoms with Crippen LogP contribution in [0.2, 0.25) is 0 Å². The van der Waals surface area contributed by atoms with Crippen molar-refractivity contribution in [2.24, 2.45) is 0 Å². The minimum absolute atomic E-state index is 0.0311. The second kappa shape index (κ2) is 6.83. The smallest absolute Gasteiger partial charge is 0.269 e. The van der Waals surface area contributed by atoms with Gasteiger partial charge in [-0.2, -0.15) is 0 Å². The molecule has 2 aromatic carbocycles. The van der Waals surface area contributed by atoms with Crippen molar-refractivity contribution in [2.45, 2.75) is 25.9 Å². The lowest BCUT2D eigenvalue weighted by atomic mass is 10.0. The summed E-state index contributed by atoms with van der Waals surface area (Å²) in [5, 5.41) is 14.3. The third-order valence-corrected chi connectivity index (χ3v) is 3.98. The summed E-state index contributed by atoms with van der Waals surface area (Å²) in [4.78, 5) is 10.5. The quantitative estimate of drug-likeness (QED) is 0.625. The van der Waals surface area contributed by atoms with Gasteiger partial charge in [0.05, 0.1) is 4.92 Å². The zero-order valence-electron chi connectivity index (χ0n) is 11.9. The molecule has 0 bridgehead atoms. The van der Waals surface area contributed by atoms with Crippen LogP contribution in [0, 0.1) is 10.1 Å². The highest BCUT2D eigenvalue weighted by Gasteiger charge is 2.14. The Morgan fingerprint density at radius 3 is 2.29 bits per heavy atom. The Bertz CT molecular complexity index is 628. The van der Waals surface area contributed by atoms with E-state index in [0.29, 0.717) is 0 Å². The van der Waals surface area contributed by atoms with Crippen molar-refractivity contribution in [3.8, 4) is 0 Å². The van der Waals surface area contributed by atoms with Crippen molar-refractivity contribution in [2.75, 3.05) is 0 Å². The first-order chi connectivity index (χ1) is 9.97. The third kappa shape index (κ3) is 4.12. The molecular weight excluding hydrogens is 332 g/mol. The van der Waals surface area contributed by atoms with Gasteiger partial charge in [-0.25, -0.2) is 0 Å². The predicted octanol–water partition coefficient (Wildman–Crippen LogP) is 4.77. The standard InChI is InChI=1S/C16H17BrN2O2/c1-11(13-6-8-15(17)9-7-13)18-12(2)14-4-3-5-16(10-14)19(20)21/h3-12,18H,1-2H3. The van der Waals surface area contributed by atoms with E-state index in [1.165, 1.54) is 11.6 Å². The Labute approximate surface area is 132 Å². The van der Waals surface area contributed by atoms with Crippen molar-refractivity contribution >= 4 is 21.6 Å². The molecule has 0 fully saturated rings. The number of hydrogen-bond acceptors (Lipinski definition) is 3. The van der Waals surface area contributed by atoms with Crippen LogP contribution in [0.15, 0.2) is 53.0 Å². The minimum atomic E-state index is -0.367. The summed E-state index contributed by atoms with van der Waals surface area (Å²) >= 11 is 3.42. The molecule has 21 heavy (non-hydrogen) atoms. The highest BCUT2D eigenvalue weighted by Crippen LogP contribution is 2.23. The number of rotatable bonds is 5. The molecule has 0 amide bonds. The molecule has 110 valence electrons. The van der Waals surface area contributed by atoms with E-state index < -0.39 is 0 Å². The average molecular weight is 349 g/mol. The van der Waals surface area contributed by atoms with Gasteiger partial charge in [-0.1, -0.05) is 40.2 Å². The summed E-state index contributed by atoms with van der Waals surface area (Å²) in [6.45, 7) is 4.09. The summed E-state index contributed by atoms with van der Waals surface area (Å²) < 4.78 is 1.05. The molecule has 0 aromatic heterocycles. The molecule has 0 saturated heterocycles. The molecule has 0 radical (unpaired) electrons. The van der Waals surface area contributed by atoms with E-state index in [2.05, 4.69) is 40.3 Å². The van der Waals surface area contributed by atoms with Gasteiger partial charge in [-0.15, -0.1) is 0 Å². The van der Waals surface area contributed by atoms with E-state index in [1.54, 1.807) is 12.1 Å². The number of nitro groups is 1. The largest absolute Gasteiger partial charge is 0.304 e. The van der Waals surface area contributed by atoms with E-state index in [1.807, 2.05) is 25.1 Å². The van der Waals surface area contributed by atoms with Crippen LogP contribution >= 0.6 is 15.9 Å². The van der Waals surface area contributed by atoms with Gasteiger partial charge in [-0.3, -0.25) is 10.1 Å². The van der Waals surface area contributed by atoms with Crippen LogP contribution in [0.4, 0.5) is 5.69 Å². The maximum atomic E-state index is 10.8. The van der Waals surface area contributed by atoms with Crippen molar-refractivity contribution in [1.29, 1.82) is 0 Å². The molecule has 1 N–H and O–H groups in total. The number of nitrogens with zero attached hydrogens (tertiary/aromatic N) is 1. The lowest BCUT2D eigenvalue weighted by Gasteiger charge is -2.20. The molecule has 2 unspecified atom stereocenters. The minimum Gasteiger partial charge on any atom is -0.304 e. The van der Waals surface area contributed by atoms with Crippen molar-refractivity contribution < 1.29 is 4.92 Å². The molecule has 2 atom stereocenters. The van der Waals surface area contributed by atoms with Gasteiger partial charge < -0.3 is 5.32 Å². The number of benzene rings is 2. The van der Waals surface area contributed by atoms with Crippen molar-refractivity contribution in [1.82, 2.24) is 5.32 Å². The van der Waals surface area contributed by atoms with Crippen LogP contribution in [-0.2, 0) is 0 Å². The molecule has 0 aliphatic carbocycles. The second-order valence-electron chi connectivity index (χ2n) is 5.01. The predicted molar refractivity (Wildman–Crippen MR) is 87.2 cm³/mol. The van der Waals surface area contributed by atoms with Crippen LogP contribution in [0.1, 0.15) is 37.1 Å². The van der Waals surface area contributed by atoms with E-state index in [4.69, 9.17) is 0 Å². The topological polar surface area (TPSA) is 55.2 Å². The molecule has 0 aliphatic rings. The normalized spacial score (nSPS) is 13.7. The zero-order chi connectivity index (χ0) is 15.4. The average Bonchev–Trinajstić information content (AvgIpc) is 2.48. The van der Waals surface area contributed by atoms with Crippen molar-refractivity contribution in [3.63, 3.8) is 0 Å². The lowest BCUT2D eigenvalue weighted by Crippen LogP contribution is -2.22. The second-order valence-corrected chi connectivity index (χ2v) is 5.93. The molecule has 0 spiro atoms. The summed E-state index contributed by atoms with van der Waals surface area (Å²) in [6, 6.07) is 15.1. The molecule has 4 nitrogen and oxygen atoms in total. The molecule has 5 heteroatoms. The van der Waals surface area contributed by atoms with E-state index >= 15 is 0 Å². The van der Waals surface area contributed by atoms with Gasteiger partial charge >= 0.3 is 0 Å². The highest BCUT2D eigenvalue weighted by molar-refractivity contribution is 9.10. The maximum absolute atomic E-state index is 10.8. The molecular formula is C16H17BrN2O2. The van der Waals surface area contributed by atoms with Gasteiger partial charge in [0.25, 0.3) is 5.69 Å². The van der Waals surface area contributed by atoms with Crippen LogP contribution < -0.4 is 5.32 Å². The monoisotopic (exact) mass is 348 g/mol. The lowest BCUT2D eigenvalue weighted by molar-refractivity contribution is -0.384. The highest BCUT2D eigenvalue weighted by atomic mass is 79.9. The molecule has 0 saturated carbocycles. The summed E-state index contributed by atoms with van der Waals surface area (Å²) in [7, 11) is 0. The molecule has 0 heterocycles. The first-order valence-corrected chi connectivity index (χ1v) is 7.52.